The van der Waals surface area contributed by atoms with E-state index in [1.54, 1.807) is 6.07 Å². The first-order valence-electron chi connectivity index (χ1n) is 12.6. The van der Waals surface area contributed by atoms with Crippen LogP contribution in [-0.2, 0) is 11.0 Å². The maximum atomic E-state index is 13.0. The van der Waals surface area contributed by atoms with Crippen LogP contribution >= 0.6 is 27.7 Å². The average Bonchev–Trinajstić information content (AvgIpc) is 3.16. The lowest BCUT2D eigenvalue weighted by molar-refractivity contribution is -0.385. The Balaban J connectivity index is 1.45. The van der Waals surface area contributed by atoms with Crippen molar-refractivity contribution in [3.8, 4) is 17.2 Å². The summed E-state index contributed by atoms with van der Waals surface area (Å²) in [5.74, 6) is 0.190. The van der Waals surface area contributed by atoms with Gasteiger partial charge in [-0.05, 0) is 93.6 Å². The third kappa shape index (κ3) is 7.13. The van der Waals surface area contributed by atoms with Gasteiger partial charge in [0.15, 0.2) is 0 Å². The summed E-state index contributed by atoms with van der Waals surface area (Å²) in [7, 11) is 0. The van der Waals surface area contributed by atoms with Crippen LogP contribution < -0.4 is 9.47 Å². The fourth-order valence-electron chi connectivity index (χ4n) is 4.07. The number of amides is 2. The summed E-state index contributed by atoms with van der Waals surface area (Å²) in [6.07, 6.45) is -3.24. The quantitative estimate of drug-likeness (QED) is 0.128. The molecule has 2 amide bonds. The van der Waals surface area contributed by atoms with Gasteiger partial charge in [0.1, 0.15) is 18.1 Å². The molecule has 0 aliphatic carbocycles. The number of nitrogens with zero attached hydrogens (tertiary/aromatic N) is 2. The van der Waals surface area contributed by atoms with Crippen LogP contribution in [0.15, 0.2) is 64.0 Å². The van der Waals surface area contributed by atoms with Crippen LogP contribution in [0.4, 0.5) is 23.7 Å². The van der Waals surface area contributed by atoms with E-state index in [1.165, 1.54) is 18.2 Å². The number of imide groups is 1. The molecule has 0 bridgehead atoms. The number of halogens is 4. The van der Waals surface area contributed by atoms with Gasteiger partial charge in [-0.1, -0.05) is 32.0 Å². The molecule has 1 heterocycles. The monoisotopic (exact) mass is 664 g/mol. The van der Waals surface area contributed by atoms with Crippen molar-refractivity contribution in [1.29, 1.82) is 0 Å². The van der Waals surface area contributed by atoms with Gasteiger partial charge < -0.3 is 9.47 Å². The highest BCUT2D eigenvalue weighted by Crippen LogP contribution is 2.40. The smallest absolute Gasteiger partial charge is 0.416 e. The zero-order chi connectivity index (χ0) is 30.8. The van der Waals surface area contributed by atoms with Gasteiger partial charge in [-0.2, -0.15) is 13.2 Å². The zero-order valence-corrected chi connectivity index (χ0v) is 24.9. The lowest BCUT2D eigenvalue weighted by Gasteiger charge is -2.17. The molecule has 1 aliphatic heterocycles. The number of aryl methyl sites for hydroxylation is 1. The lowest BCUT2D eigenvalue weighted by atomic mass is 10.0. The first-order chi connectivity index (χ1) is 19.7. The van der Waals surface area contributed by atoms with Crippen molar-refractivity contribution in [2.45, 2.75) is 32.9 Å². The van der Waals surface area contributed by atoms with Crippen LogP contribution in [0, 0.1) is 17.0 Å². The summed E-state index contributed by atoms with van der Waals surface area (Å²) in [6, 6.07) is 12.4. The lowest BCUT2D eigenvalue weighted by Crippen LogP contribution is -2.32. The highest BCUT2D eigenvalue weighted by molar-refractivity contribution is 9.10. The maximum absolute atomic E-state index is 13.0. The van der Waals surface area contributed by atoms with Crippen molar-refractivity contribution in [2.75, 3.05) is 13.2 Å². The summed E-state index contributed by atoms with van der Waals surface area (Å²) < 4.78 is 50.8. The highest BCUT2D eigenvalue weighted by atomic mass is 79.9. The minimum absolute atomic E-state index is 0.0653. The molecular formula is C29H24BrF3N2O6S. The Labute approximate surface area is 251 Å². The molecule has 8 nitrogen and oxygen atoms in total. The number of hydrogen-bond donors (Lipinski definition) is 0. The molecule has 4 rings (SSSR count). The normalized spacial score (nSPS) is 14.7. The number of alkyl halides is 3. The SMILES string of the molecule is Cc1ccc(C(C)C)c(OCCN2C(=O)S/C(=C\c3ccc(Oc4ccc(C(F)(F)F)cc4[N+](=O)[O-])c(Br)c3)C2=O)c1. The van der Waals surface area contributed by atoms with Crippen LogP contribution in [0.25, 0.3) is 6.08 Å². The Morgan fingerprint density at radius 3 is 2.40 bits per heavy atom. The Kier molecular flexibility index (Phi) is 9.31. The van der Waals surface area contributed by atoms with E-state index in [1.807, 2.05) is 39.0 Å². The highest BCUT2D eigenvalue weighted by Gasteiger charge is 2.35. The van der Waals surface area contributed by atoms with Gasteiger partial charge in [-0.15, -0.1) is 0 Å². The number of hydrogen-bond acceptors (Lipinski definition) is 7. The molecule has 42 heavy (non-hydrogen) atoms. The molecule has 0 atom stereocenters. The van der Waals surface area contributed by atoms with E-state index >= 15 is 0 Å². The van der Waals surface area contributed by atoms with Crippen molar-refractivity contribution in [3.63, 3.8) is 0 Å². The molecule has 0 spiro atoms. The second kappa shape index (κ2) is 12.6. The number of rotatable bonds is 9. The number of ether oxygens (including phenoxy) is 2. The van der Waals surface area contributed by atoms with Gasteiger partial charge in [-0.25, -0.2) is 0 Å². The Hall–Kier alpha value is -3.84. The van der Waals surface area contributed by atoms with Crippen molar-refractivity contribution < 1.29 is 37.2 Å². The van der Waals surface area contributed by atoms with Gasteiger partial charge in [0, 0.05) is 6.07 Å². The third-order valence-corrected chi connectivity index (χ3v) is 7.72. The van der Waals surface area contributed by atoms with Gasteiger partial charge in [-0.3, -0.25) is 24.6 Å². The van der Waals surface area contributed by atoms with Crippen molar-refractivity contribution in [3.05, 3.63) is 96.3 Å². The van der Waals surface area contributed by atoms with Gasteiger partial charge in [0.25, 0.3) is 11.1 Å². The Morgan fingerprint density at radius 2 is 1.76 bits per heavy atom. The van der Waals surface area contributed by atoms with Gasteiger partial charge in [0.2, 0.25) is 5.75 Å². The van der Waals surface area contributed by atoms with E-state index in [2.05, 4.69) is 15.9 Å². The summed E-state index contributed by atoms with van der Waals surface area (Å²) in [6.45, 7) is 6.24. The maximum Gasteiger partial charge on any atom is 0.416 e. The predicted molar refractivity (Wildman–Crippen MR) is 156 cm³/mol. The molecule has 13 heteroatoms. The fraction of sp³-hybridized carbons (Fsp3) is 0.241. The summed E-state index contributed by atoms with van der Waals surface area (Å²) in [5.41, 5.74) is 0.552. The third-order valence-electron chi connectivity index (χ3n) is 6.19. The van der Waals surface area contributed by atoms with E-state index in [0.717, 1.165) is 33.9 Å². The van der Waals surface area contributed by atoms with Gasteiger partial charge in [0.05, 0.1) is 26.4 Å². The van der Waals surface area contributed by atoms with E-state index in [9.17, 15) is 32.9 Å². The van der Waals surface area contributed by atoms with Crippen molar-refractivity contribution in [2.24, 2.45) is 0 Å². The molecule has 220 valence electrons. The topological polar surface area (TPSA) is 99.0 Å². The molecule has 3 aromatic carbocycles. The van der Waals surface area contributed by atoms with Crippen LogP contribution in [0.5, 0.6) is 17.2 Å². The summed E-state index contributed by atoms with van der Waals surface area (Å²) in [5, 5.41) is 10.9. The summed E-state index contributed by atoms with van der Waals surface area (Å²) >= 11 is 4.07. The molecule has 0 N–H and O–H groups in total. The first-order valence-corrected chi connectivity index (χ1v) is 14.2. The first kappa shape index (κ1) is 31.1. The number of benzene rings is 3. The fourth-order valence-corrected chi connectivity index (χ4v) is 5.41. The van der Waals surface area contributed by atoms with E-state index in [4.69, 9.17) is 9.47 Å². The standard InChI is InChI=1S/C29H24BrF3N2O6S/c1-16(2)20-7-4-17(3)12-25(20)40-11-10-34-27(36)26(42-28(34)37)14-18-5-8-23(21(30)13-18)41-24-9-6-19(29(31,32)33)15-22(24)35(38)39/h4-9,12-16H,10-11H2,1-3H3/b26-14-. The largest absolute Gasteiger partial charge is 0.491 e. The molecule has 0 unspecified atom stereocenters. The van der Waals surface area contributed by atoms with Crippen LogP contribution in [0.2, 0.25) is 0 Å². The molecule has 1 aliphatic rings. The average molecular weight is 665 g/mol. The van der Waals surface area contributed by atoms with Gasteiger partial charge >= 0.3 is 11.9 Å². The number of nitro groups is 1. The second-order valence-electron chi connectivity index (χ2n) is 9.61. The number of nitro benzene ring substituents is 1. The Morgan fingerprint density at radius 1 is 1.05 bits per heavy atom. The van der Waals surface area contributed by atoms with Crippen LogP contribution in [-0.4, -0.2) is 34.1 Å². The molecule has 0 aromatic heterocycles. The van der Waals surface area contributed by atoms with Crippen LogP contribution in [0.1, 0.15) is 42.0 Å². The van der Waals surface area contributed by atoms with Crippen molar-refractivity contribution in [1.82, 2.24) is 4.90 Å². The summed E-state index contributed by atoms with van der Waals surface area (Å²) in [4.78, 5) is 37.2. The van der Waals surface area contributed by atoms with E-state index < -0.39 is 33.5 Å². The molecule has 0 saturated carbocycles. The number of carbonyl (C=O) groups excluding carboxylic acids is 2. The molecule has 1 fully saturated rings. The second-order valence-corrected chi connectivity index (χ2v) is 11.5. The molecule has 0 radical (unpaired) electrons. The number of thioether (sulfide) groups is 1. The predicted octanol–water partition coefficient (Wildman–Crippen LogP) is 8.72. The van der Waals surface area contributed by atoms with Crippen LogP contribution in [0.3, 0.4) is 0 Å². The minimum Gasteiger partial charge on any atom is -0.491 e. The van der Waals surface area contributed by atoms with E-state index in [-0.39, 0.29) is 35.5 Å². The molecule has 3 aromatic rings. The van der Waals surface area contributed by atoms with E-state index in [0.29, 0.717) is 27.9 Å². The van der Waals surface area contributed by atoms with Crippen molar-refractivity contribution >= 4 is 50.6 Å². The molecular weight excluding hydrogens is 641 g/mol. The zero-order valence-electron chi connectivity index (χ0n) is 22.5. The minimum atomic E-state index is -4.75. The number of carbonyl (C=O) groups is 2. The Bertz CT molecular complexity index is 1590. The molecule has 1 saturated heterocycles.